The first-order valence-corrected chi connectivity index (χ1v) is 40.6. The number of fused-ring (bicyclic) bond motifs is 6. The molecule has 0 bridgehead atoms. The fraction of sp³-hybridized carbons (Fsp3) is 0.481. The van der Waals surface area contributed by atoms with Crippen LogP contribution in [0.2, 0.25) is 0 Å². The minimum atomic E-state index is -4.17. The van der Waals surface area contributed by atoms with Crippen LogP contribution in [0.1, 0.15) is 193 Å². The van der Waals surface area contributed by atoms with Crippen LogP contribution in [0, 0.1) is 20.8 Å². The van der Waals surface area contributed by atoms with E-state index in [0.29, 0.717) is 106 Å². The molecule has 10 aromatic heterocycles. The summed E-state index contributed by atoms with van der Waals surface area (Å²) >= 11 is 1.59. The van der Waals surface area contributed by atoms with Gasteiger partial charge in [0.05, 0.1) is 39.3 Å². The molecular formula is C77H89F3N20O8S2. The largest absolute Gasteiger partial charge is 0.390 e. The van der Waals surface area contributed by atoms with Gasteiger partial charge in [-0.25, -0.2) is 43.3 Å². The summed E-state index contributed by atoms with van der Waals surface area (Å²) in [5.74, 6) is 2.15. The number of ketones is 3. The molecule has 1 saturated heterocycles. The second-order valence-electron chi connectivity index (χ2n) is 29.6. The highest BCUT2D eigenvalue weighted by Gasteiger charge is 2.33. The van der Waals surface area contributed by atoms with Crippen molar-refractivity contribution in [3.63, 3.8) is 0 Å². The average molecular weight is 1540 g/mol. The molecule has 3 saturated carbocycles. The van der Waals surface area contributed by atoms with E-state index in [4.69, 9.17) is 15.0 Å². The topological polar surface area (TPSA) is 338 Å². The maximum Gasteiger partial charge on any atom is 0.390 e. The van der Waals surface area contributed by atoms with E-state index in [-0.39, 0.29) is 87.1 Å². The fourth-order valence-corrected chi connectivity index (χ4v) is 17.9. The van der Waals surface area contributed by atoms with E-state index in [2.05, 4.69) is 71.3 Å². The van der Waals surface area contributed by atoms with Crippen molar-refractivity contribution in [3.8, 4) is 0 Å². The van der Waals surface area contributed by atoms with Crippen LogP contribution in [0.5, 0.6) is 0 Å². The first-order valence-electron chi connectivity index (χ1n) is 37.7. The summed E-state index contributed by atoms with van der Waals surface area (Å²) < 4.78 is 66.8. The number of thiophene rings is 1. The highest BCUT2D eigenvalue weighted by atomic mass is 32.2. The van der Waals surface area contributed by atoms with E-state index in [1.165, 1.54) is 27.0 Å². The molecule has 4 N–H and O–H groups in total. The number of Topliss-reactive ketones (excluding diaryl/α,β-unsaturated/α-hetero) is 3. The number of hydrogen-bond acceptors (Lipinski definition) is 26. The number of anilines is 7. The molecule has 10 aromatic rings. The highest BCUT2D eigenvalue weighted by molar-refractivity contribution is 7.90. The molecule has 6 aliphatic rings. The summed E-state index contributed by atoms with van der Waals surface area (Å²) in [7, 11) is -3.00. The van der Waals surface area contributed by atoms with Gasteiger partial charge in [-0.2, -0.15) is 28.1 Å². The van der Waals surface area contributed by atoms with Crippen LogP contribution in [0.4, 0.5) is 54.2 Å². The van der Waals surface area contributed by atoms with Gasteiger partial charge in [-0.15, -0.1) is 11.3 Å². The van der Waals surface area contributed by atoms with E-state index in [1.54, 1.807) is 81.7 Å². The molecule has 33 heteroatoms. The van der Waals surface area contributed by atoms with Gasteiger partial charge in [-0.05, 0) is 120 Å². The SMILES string of the molecule is CC(=O)c1c(C)c2cnc(Nc3ccc4c(n3)CCN(CCC(F)(F)F)C4)nc2n(C2CCCC2)c1=O.CC(=O)c1c(C)c2cnc(Nc3ccc4c(n3)CCN(CCS(C)(=O)=O)C4)nc2n(C2CCCC2)c1=O.CC(=O)c1c(C)c2cnc(Nc3ncnc4c(N5CCNCC5)csc34)nc2n(C2CCCC2)c1=O. The molecule has 28 nitrogen and oxygen atoms in total. The van der Waals surface area contributed by atoms with E-state index in [9.17, 15) is 50.4 Å². The third-order valence-electron chi connectivity index (χ3n) is 22.0. The van der Waals surface area contributed by atoms with Gasteiger partial charge in [0.2, 0.25) is 17.8 Å². The van der Waals surface area contributed by atoms with Crippen LogP contribution in [-0.4, -0.2) is 170 Å². The maximum atomic E-state index is 13.5. The number of carbonyl (C=O) groups excluding carboxylic acids is 3. The van der Waals surface area contributed by atoms with Crippen molar-refractivity contribution in [2.45, 2.75) is 175 Å². The minimum absolute atomic E-state index is 0.0152. The average Bonchev–Trinajstić information content (AvgIpc) is 1.40. The zero-order chi connectivity index (χ0) is 77.4. The van der Waals surface area contributed by atoms with Crippen LogP contribution >= 0.6 is 11.3 Å². The van der Waals surface area contributed by atoms with Crippen molar-refractivity contribution in [1.82, 2.24) is 78.7 Å². The van der Waals surface area contributed by atoms with Crippen molar-refractivity contribution < 1.29 is 36.0 Å². The van der Waals surface area contributed by atoms with Gasteiger partial charge in [0.15, 0.2) is 23.2 Å². The molecule has 3 aliphatic carbocycles. The van der Waals surface area contributed by atoms with Crippen molar-refractivity contribution in [2.24, 2.45) is 0 Å². The molecule has 4 fully saturated rings. The predicted molar refractivity (Wildman–Crippen MR) is 417 cm³/mol. The Morgan fingerprint density at radius 2 is 0.964 bits per heavy atom. The number of nitrogens with one attached hydrogen (secondary N) is 4. The lowest BCUT2D eigenvalue weighted by atomic mass is 10.0. The van der Waals surface area contributed by atoms with Crippen molar-refractivity contribution >= 4 is 123 Å². The number of halogens is 3. The lowest BCUT2D eigenvalue weighted by molar-refractivity contribution is -0.138. The lowest BCUT2D eigenvalue weighted by Crippen LogP contribution is -2.43. The Morgan fingerprint density at radius 3 is 1.36 bits per heavy atom. The highest BCUT2D eigenvalue weighted by Crippen LogP contribution is 2.39. The summed E-state index contributed by atoms with van der Waals surface area (Å²) in [4.78, 5) is 130. The molecule has 13 heterocycles. The fourth-order valence-electron chi connectivity index (χ4n) is 16.4. The third-order valence-corrected chi connectivity index (χ3v) is 23.9. The minimum Gasteiger partial charge on any atom is -0.367 e. The summed E-state index contributed by atoms with van der Waals surface area (Å²) in [6, 6.07) is 7.52. The maximum absolute atomic E-state index is 13.5. The zero-order valence-corrected chi connectivity index (χ0v) is 64.3. The van der Waals surface area contributed by atoms with Gasteiger partial charge in [-0.1, -0.05) is 50.7 Å². The molecule has 0 atom stereocenters. The van der Waals surface area contributed by atoms with E-state index >= 15 is 0 Å². The predicted octanol–water partition coefficient (Wildman–Crippen LogP) is 11.4. The molecule has 0 unspecified atom stereocenters. The Bertz CT molecular complexity index is 5570. The molecule has 110 heavy (non-hydrogen) atoms. The second-order valence-corrected chi connectivity index (χ2v) is 32.7. The first-order chi connectivity index (χ1) is 52.7. The standard InChI is InChI=1S/C26H29F3N6O2.C26H32N6O4S.C25H28N8O2S/c1-15-19-13-30-25(33-23(19)35(18-5-3-4-6-18)24(37)22(15)16(2)36)32-21-8-7-17-14-34(11-9-20(17)31-21)12-10-26(27,28)29;1-16-20-14-27-26(30-24(20)32(19-6-4-5-7-19)25(34)23(16)17(2)33)29-22-9-8-18-15-31(11-10-21(18)28-22)12-13-37(3,35)36;1-14-17-11-27-25(31-23(17)33(16-5-3-4-6-16)24(35)19(14)15(2)34)30-22-21-20(28-13-29-22)18(12-36-21)32-9-7-26-8-10-32/h7-8,13,18H,3-6,9-12,14H2,1-2H3,(H,30,31,32,33);8-9,14,19H,4-7,10-13,15H2,1-3H3,(H,27,28,29,30);11-13,16,26H,3-10H2,1-2H3,(H,27,28,29,30,31). The summed E-state index contributed by atoms with van der Waals surface area (Å²) in [6.45, 7) is 16.2. The number of sulfone groups is 1. The van der Waals surface area contributed by atoms with Gasteiger partial charge >= 0.3 is 6.18 Å². The van der Waals surface area contributed by atoms with Crippen molar-refractivity contribution in [1.29, 1.82) is 0 Å². The number of alkyl halides is 3. The van der Waals surface area contributed by atoms with E-state index in [1.807, 2.05) is 18.2 Å². The summed E-state index contributed by atoms with van der Waals surface area (Å²) in [5, 5.41) is 17.2. The molecule has 0 radical (unpaired) electrons. The number of nitrogens with zero attached hydrogens (tertiary/aromatic N) is 16. The number of aryl methyl sites for hydroxylation is 3. The first kappa shape index (κ1) is 76.8. The van der Waals surface area contributed by atoms with E-state index in [0.717, 1.165) is 160 Å². The van der Waals surface area contributed by atoms with Crippen LogP contribution in [-0.2, 0) is 35.8 Å². The molecular weight excluding hydrogens is 1450 g/mol. The Kier molecular flexibility index (Phi) is 22.5. The molecule has 578 valence electrons. The monoisotopic (exact) mass is 1540 g/mol. The van der Waals surface area contributed by atoms with Gasteiger partial charge < -0.3 is 26.2 Å². The Labute approximate surface area is 636 Å². The summed E-state index contributed by atoms with van der Waals surface area (Å²) in [6.07, 6.45) is 15.6. The normalized spacial score (nSPS) is 16.8. The van der Waals surface area contributed by atoms with Gasteiger partial charge in [0.1, 0.15) is 50.3 Å². The second kappa shape index (κ2) is 32.2. The number of pyridine rings is 5. The smallest absolute Gasteiger partial charge is 0.367 e. The van der Waals surface area contributed by atoms with Gasteiger partial charge in [0, 0.05) is 154 Å². The third kappa shape index (κ3) is 16.4. The van der Waals surface area contributed by atoms with Gasteiger partial charge in [0.25, 0.3) is 16.7 Å². The Morgan fingerprint density at radius 1 is 0.555 bits per heavy atom. The number of rotatable bonds is 18. The van der Waals surface area contributed by atoms with E-state index < -0.39 is 22.4 Å². The van der Waals surface area contributed by atoms with Gasteiger partial charge in [-0.3, -0.25) is 52.3 Å². The van der Waals surface area contributed by atoms with Crippen LogP contribution in [0.15, 0.2) is 68.9 Å². The van der Waals surface area contributed by atoms with Crippen LogP contribution in [0.3, 0.4) is 0 Å². The Balaban J connectivity index is 0.000000138. The van der Waals surface area contributed by atoms with Crippen LogP contribution in [0.25, 0.3) is 43.3 Å². The zero-order valence-electron chi connectivity index (χ0n) is 62.7. The number of hydrogen-bond donors (Lipinski definition) is 4. The molecule has 3 aliphatic heterocycles. The number of piperazine rings is 1. The lowest BCUT2D eigenvalue weighted by Gasteiger charge is -2.28. The number of aromatic nitrogens is 13. The Hall–Kier alpha value is -9.96. The molecule has 0 aromatic carbocycles. The molecule has 16 rings (SSSR count). The molecule has 0 spiro atoms. The van der Waals surface area contributed by atoms with Crippen molar-refractivity contribution in [2.75, 3.05) is 85.2 Å². The van der Waals surface area contributed by atoms with Crippen molar-refractivity contribution in [3.05, 3.63) is 142 Å². The number of carbonyl (C=O) groups is 3. The summed E-state index contributed by atoms with van der Waals surface area (Å²) in [5.41, 5.74) is 9.00. The molecule has 0 amide bonds. The quantitative estimate of drug-likeness (QED) is 0.0580. The van der Waals surface area contributed by atoms with Crippen LogP contribution < -0.4 is 42.8 Å².